The highest BCUT2D eigenvalue weighted by atomic mass is 35.5. The van der Waals surface area contributed by atoms with E-state index in [1.165, 1.54) is 5.56 Å². The number of rotatable bonds is 6. The molecule has 0 radical (unpaired) electrons. The maximum Gasteiger partial charge on any atom is 0.226 e. The second-order valence-electron chi connectivity index (χ2n) is 7.07. The number of likely N-dealkylation sites (tertiary alicyclic amines) is 1. The first-order chi connectivity index (χ1) is 12.1. The molecule has 27 heavy (non-hydrogen) atoms. The quantitative estimate of drug-likeness (QED) is 0.740. The first-order valence-electron chi connectivity index (χ1n) is 8.95. The topological polar surface area (TPSA) is 49.6 Å². The van der Waals surface area contributed by atoms with Gasteiger partial charge in [-0.05, 0) is 42.1 Å². The number of nitrogen functional groups attached to an aromatic ring is 1. The lowest BCUT2D eigenvalue weighted by Crippen LogP contribution is -2.34. The molecule has 1 heterocycles. The maximum absolute atomic E-state index is 12.4. The molecule has 1 saturated heterocycles. The van der Waals surface area contributed by atoms with Crippen LogP contribution in [0.3, 0.4) is 0 Å². The van der Waals surface area contributed by atoms with Crippen molar-refractivity contribution in [1.82, 2.24) is 9.80 Å². The van der Waals surface area contributed by atoms with Crippen LogP contribution in [0.1, 0.15) is 17.5 Å². The van der Waals surface area contributed by atoms with E-state index in [-0.39, 0.29) is 30.7 Å². The molecule has 4 nitrogen and oxygen atoms in total. The molecule has 0 aliphatic carbocycles. The summed E-state index contributed by atoms with van der Waals surface area (Å²) in [5.41, 5.74) is 8.80. The number of amides is 1. The van der Waals surface area contributed by atoms with E-state index in [0.29, 0.717) is 12.3 Å². The molecule has 1 fully saturated rings. The zero-order valence-electron chi connectivity index (χ0n) is 15.7. The van der Waals surface area contributed by atoms with Gasteiger partial charge in [0.25, 0.3) is 0 Å². The number of hydrogen-bond donors (Lipinski definition) is 1. The molecule has 1 aliphatic heterocycles. The summed E-state index contributed by atoms with van der Waals surface area (Å²) in [5.74, 6) is 0.732. The van der Waals surface area contributed by atoms with Crippen LogP contribution < -0.4 is 5.73 Å². The number of nitrogens with two attached hydrogens (primary N) is 1. The Balaban J connectivity index is 0.00000182. The minimum atomic E-state index is 0. The highest BCUT2D eigenvalue weighted by Crippen LogP contribution is 2.20. The van der Waals surface area contributed by atoms with Crippen molar-refractivity contribution in [3.05, 3.63) is 65.7 Å². The molecule has 1 unspecified atom stereocenters. The number of carbonyl (C=O) groups excluding carboxylic acids is 1. The fourth-order valence-electron chi connectivity index (χ4n) is 3.48. The summed E-state index contributed by atoms with van der Waals surface area (Å²) in [4.78, 5) is 16.8. The monoisotopic (exact) mass is 409 g/mol. The van der Waals surface area contributed by atoms with Gasteiger partial charge in [0.1, 0.15) is 0 Å². The van der Waals surface area contributed by atoms with Gasteiger partial charge in [-0.3, -0.25) is 9.69 Å². The number of benzene rings is 2. The van der Waals surface area contributed by atoms with Crippen LogP contribution in [-0.4, -0.2) is 42.4 Å². The van der Waals surface area contributed by atoms with E-state index < -0.39 is 0 Å². The van der Waals surface area contributed by atoms with Crippen molar-refractivity contribution >= 4 is 36.4 Å². The first-order valence-corrected chi connectivity index (χ1v) is 8.95. The SMILES string of the molecule is CN(CC1CCN(Cc2ccccc2)C1)C(=O)Cc1ccc(N)cc1.Cl.Cl. The van der Waals surface area contributed by atoms with E-state index in [0.717, 1.165) is 43.9 Å². The number of halogens is 2. The van der Waals surface area contributed by atoms with Gasteiger partial charge in [0, 0.05) is 32.4 Å². The lowest BCUT2D eigenvalue weighted by atomic mass is 10.1. The smallest absolute Gasteiger partial charge is 0.226 e. The van der Waals surface area contributed by atoms with E-state index in [1.807, 2.05) is 36.2 Å². The molecule has 0 saturated carbocycles. The zero-order valence-corrected chi connectivity index (χ0v) is 17.3. The fourth-order valence-corrected chi connectivity index (χ4v) is 3.48. The fraction of sp³-hybridized carbons (Fsp3) is 0.381. The number of hydrogen-bond acceptors (Lipinski definition) is 3. The summed E-state index contributed by atoms with van der Waals surface area (Å²) in [6, 6.07) is 18.1. The number of anilines is 1. The Hall–Kier alpha value is -1.75. The molecule has 3 rings (SSSR count). The Bertz CT molecular complexity index is 694. The average molecular weight is 410 g/mol. The Morgan fingerprint density at radius 2 is 1.74 bits per heavy atom. The molecule has 0 bridgehead atoms. The van der Waals surface area contributed by atoms with Gasteiger partial charge in [-0.2, -0.15) is 0 Å². The standard InChI is InChI=1S/C21H27N3O.2ClH/c1-23(21(25)13-17-7-9-20(22)10-8-17)14-19-11-12-24(16-19)15-18-5-3-2-4-6-18;;/h2-10,19H,11-16,22H2,1H3;2*1H. The highest BCUT2D eigenvalue weighted by Gasteiger charge is 2.24. The van der Waals surface area contributed by atoms with Crippen LogP contribution in [0.15, 0.2) is 54.6 Å². The van der Waals surface area contributed by atoms with Gasteiger partial charge in [-0.25, -0.2) is 0 Å². The van der Waals surface area contributed by atoms with Gasteiger partial charge in [0.2, 0.25) is 5.91 Å². The number of nitrogens with zero attached hydrogens (tertiary/aromatic N) is 2. The van der Waals surface area contributed by atoms with E-state index in [4.69, 9.17) is 5.73 Å². The van der Waals surface area contributed by atoms with Crippen LogP contribution in [0.25, 0.3) is 0 Å². The van der Waals surface area contributed by atoms with Crippen molar-refractivity contribution in [3.8, 4) is 0 Å². The van der Waals surface area contributed by atoms with Gasteiger partial charge < -0.3 is 10.6 Å². The summed E-state index contributed by atoms with van der Waals surface area (Å²) >= 11 is 0. The molecule has 6 heteroatoms. The molecule has 2 N–H and O–H groups in total. The molecule has 2 aromatic rings. The number of carbonyl (C=O) groups is 1. The van der Waals surface area contributed by atoms with Gasteiger partial charge in [0.05, 0.1) is 6.42 Å². The third-order valence-corrected chi connectivity index (χ3v) is 4.91. The lowest BCUT2D eigenvalue weighted by Gasteiger charge is -2.22. The Kier molecular flexibility index (Phi) is 9.64. The normalized spacial score (nSPS) is 16.3. The van der Waals surface area contributed by atoms with Crippen molar-refractivity contribution < 1.29 is 4.79 Å². The summed E-state index contributed by atoms with van der Waals surface area (Å²) in [6.45, 7) is 4.01. The summed E-state index contributed by atoms with van der Waals surface area (Å²) in [6.07, 6.45) is 1.60. The van der Waals surface area contributed by atoms with Crippen LogP contribution >= 0.6 is 24.8 Å². The number of likely N-dealkylation sites (N-methyl/N-ethyl adjacent to an activating group) is 1. The summed E-state index contributed by atoms with van der Waals surface area (Å²) in [7, 11) is 1.92. The predicted octanol–water partition coefficient (Wildman–Crippen LogP) is 3.64. The van der Waals surface area contributed by atoms with Gasteiger partial charge in [-0.1, -0.05) is 42.5 Å². The van der Waals surface area contributed by atoms with E-state index >= 15 is 0 Å². The van der Waals surface area contributed by atoms with Crippen molar-refractivity contribution in [2.75, 3.05) is 32.4 Å². The Morgan fingerprint density at radius 1 is 1.07 bits per heavy atom. The third kappa shape index (κ3) is 7.06. The average Bonchev–Trinajstić information content (AvgIpc) is 3.04. The summed E-state index contributed by atoms with van der Waals surface area (Å²) in [5, 5.41) is 0. The second-order valence-corrected chi connectivity index (χ2v) is 7.07. The molecule has 1 atom stereocenters. The van der Waals surface area contributed by atoms with Crippen LogP contribution in [0.4, 0.5) is 5.69 Å². The van der Waals surface area contributed by atoms with Crippen LogP contribution in [0, 0.1) is 5.92 Å². The largest absolute Gasteiger partial charge is 0.399 e. The van der Waals surface area contributed by atoms with Crippen molar-refractivity contribution in [3.63, 3.8) is 0 Å². The van der Waals surface area contributed by atoms with Crippen molar-refractivity contribution in [1.29, 1.82) is 0 Å². The molecular weight excluding hydrogens is 381 g/mol. The van der Waals surface area contributed by atoms with Crippen LogP contribution in [0.5, 0.6) is 0 Å². The Labute approximate surface area is 174 Å². The molecule has 2 aromatic carbocycles. The van der Waals surface area contributed by atoms with Crippen molar-refractivity contribution in [2.24, 2.45) is 5.92 Å². The lowest BCUT2D eigenvalue weighted by molar-refractivity contribution is -0.129. The van der Waals surface area contributed by atoms with E-state index in [2.05, 4.69) is 35.2 Å². The maximum atomic E-state index is 12.4. The van der Waals surface area contributed by atoms with E-state index in [1.54, 1.807) is 0 Å². The van der Waals surface area contributed by atoms with Gasteiger partial charge in [0.15, 0.2) is 0 Å². The van der Waals surface area contributed by atoms with Crippen LogP contribution in [-0.2, 0) is 17.8 Å². The molecule has 1 aliphatic rings. The van der Waals surface area contributed by atoms with Gasteiger partial charge in [-0.15, -0.1) is 24.8 Å². The third-order valence-electron chi connectivity index (χ3n) is 4.91. The minimum Gasteiger partial charge on any atom is -0.399 e. The molecule has 0 aromatic heterocycles. The molecule has 0 spiro atoms. The van der Waals surface area contributed by atoms with E-state index in [9.17, 15) is 4.79 Å². The first kappa shape index (κ1) is 23.3. The Morgan fingerprint density at radius 3 is 2.41 bits per heavy atom. The van der Waals surface area contributed by atoms with Crippen LogP contribution in [0.2, 0.25) is 0 Å². The van der Waals surface area contributed by atoms with Crippen molar-refractivity contribution in [2.45, 2.75) is 19.4 Å². The minimum absolute atomic E-state index is 0. The summed E-state index contributed by atoms with van der Waals surface area (Å²) < 4.78 is 0. The molecule has 1 amide bonds. The second kappa shape index (κ2) is 11.2. The molecular formula is C21H29Cl2N3O. The highest BCUT2D eigenvalue weighted by molar-refractivity contribution is 5.85. The molecule has 148 valence electrons. The van der Waals surface area contributed by atoms with Gasteiger partial charge >= 0.3 is 0 Å². The zero-order chi connectivity index (χ0) is 17.6. The predicted molar refractivity (Wildman–Crippen MR) is 117 cm³/mol.